The lowest BCUT2D eigenvalue weighted by Crippen LogP contribution is -3.00. The Labute approximate surface area is 95.5 Å². The van der Waals surface area contributed by atoms with E-state index < -0.39 is 0 Å². The molecule has 0 saturated heterocycles. The van der Waals surface area contributed by atoms with Crippen LogP contribution in [-0.4, -0.2) is 21.1 Å². The summed E-state index contributed by atoms with van der Waals surface area (Å²) in [6.45, 7) is 0. The van der Waals surface area contributed by atoms with Crippen LogP contribution in [0.3, 0.4) is 0 Å². The minimum Gasteiger partial charge on any atom is -1.00 e. The van der Waals surface area contributed by atoms with Crippen LogP contribution in [0.25, 0.3) is 0 Å². The zero-order valence-corrected chi connectivity index (χ0v) is 10.9. The predicted octanol–water partition coefficient (Wildman–Crippen LogP) is -0.535. The highest BCUT2D eigenvalue weighted by Gasteiger charge is 2.08. The van der Waals surface area contributed by atoms with Crippen LogP contribution in [0.5, 0.6) is 0 Å². The highest BCUT2D eigenvalue weighted by atomic mass is 79.9. The molecule has 0 radical (unpaired) electrons. The van der Waals surface area contributed by atoms with E-state index in [-0.39, 0.29) is 34.0 Å². The second-order valence-corrected chi connectivity index (χ2v) is 3.35. The average molecular weight is 297 g/mol. The van der Waals surface area contributed by atoms with Gasteiger partial charge in [-0.1, -0.05) is 18.2 Å². The summed E-state index contributed by atoms with van der Waals surface area (Å²) in [5.74, 6) is 0. The van der Waals surface area contributed by atoms with Crippen molar-refractivity contribution in [2.24, 2.45) is 0 Å². The van der Waals surface area contributed by atoms with Crippen LogP contribution in [-0.2, 0) is 0 Å². The van der Waals surface area contributed by atoms with Gasteiger partial charge in [0, 0.05) is 0 Å². The zero-order valence-electron chi connectivity index (χ0n) is 7.62. The molecule has 1 rings (SSSR count). The molecule has 0 atom stereocenters. The third kappa shape index (κ3) is 4.24. The van der Waals surface area contributed by atoms with E-state index in [4.69, 9.17) is 0 Å². The normalized spacial score (nSPS) is 9.58. The molecule has 0 spiro atoms. The first-order chi connectivity index (χ1) is 4.61. The summed E-state index contributed by atoms with van der Waals surface area (Å²) in [6.07, 6.45) is 0. The van der Waals surface area contributed by atoms with Crippen molar-refractivity contribution in [1.29, 1.82) is 0 Å². The van der Waals surface area contributed by atoms with Crippen molar-refractivity contribution in [3.05, 3.63) is 30.3 Å². The number of halogens is 2. The molecule has 0 fully saturated rings. The van der Waals surface area contributed by atoms with Gasteiger partial charge >= 0.3 is 0 Å². The third-order valence-electron chi connectivity index (χ3n) is 1.53. The summed E-state index contributed by atoms with van der Waals surface area (Å²) >= 11 is 0. The molecule has 0 aliphatic rings. The Balaban J connectivity index is 0. The van der Waals surface area contributed by atoms with Crippen molar-refractivity contribution >= 4 is 22.7 Å². The molecule has 0 N–H and O–H groups in total. The van der Waals surface area contributed by atoms with Crippen molar-refractivity contribution in [2.45, 2.75) is 0 Å². The van der Waals surface area contributed by atoms with Gasteiger partial charge < -0.3 is 17.0 Å². The molecule has 3 heteroatoms. The fraction of sp³-hybridized carbons (Fsp3) is 0.333. The number of hydrogen-bond donors (Lipinski definition) is 0. The highest BCUT2D eigenvalue weighted by Crippen LogP contribution is 2.14. The standard InChI is InChI=1S/C9H14N.2BrH/c1-10(2,3)9-7-5-4-6-8-9;;/h4-8H,1-3H3;2*1H/q+1;;/p-1. The second-order valence-electron chi connectivity index (χ2n) is 3.35. The Hall–Kier alpha value is 0.140. The number of benzene rings is 1. The van der Waals surface area contributed by atoms with Crippen molar-refractivity contribution in [3.63, 3.8) is 0 Å². The molecule has 0 heterocycles. The van der Waals surface area contributed by atoms with E-state index >= 15 is 0 Å². The van der Waals surface area contributed by atoms with Crippen LogP contribution in [0.15, 0.2) is 30.3 Å². The molecule has 1 aromatic rings. The molecule has 0 aliphatic carbocycles. The summed E-state index contributed by atoms with van der Waals surface area (Å²) in [5, 5.41) is 0. The molecule has 70 valence electrons. The lowest BCUT2D eigenvalue weighted by Gasteiger charge is -2.22. The maximum atomic E-state index is 2.16. The minimum atomic E-state index is 0. The van der Waals surface area contributed by atoms with Gasteiger partial charge in [-0.3, -0.25) is 4.48 Å². The van der Waals surface area contributed by atoms with Gasteiger partial charge in [0.25, 0.3) is 0 Å². The quantitative estimate of drug-likeness (QED) is 0.611. The minimum absolute atomic E-state index is 0. The lowest BCUT2D eigenvalue weighted by molar-refractivity contribution is -0.00000246. The Morgan fingerprint density at radius 3 is 1.58 bits per heavy atom. The van der Waals surface area contributed by atoms with Crippen LogP contribution in [0, 0.1) is 0 Å². The molecule has 0 aliphatic heterocycles. The number of nitrogens with zero attached hydrogens (tertiary/aromatic N) is 1. The summed E-state index contributed by atoms with van der Waals surface area (Å²) in [4.78, 5) is 0. The summed E-state index contributed by atoms with van der Waals surface area (Å²) in [7, 11) is 6.49. The maximum Gasteiger partial charge on any atom is 0.132 e. The van der Waals surface area contributed by atoms with E-state index in [0.29, 0.717) is 0 Å². The van der Waals surface area contributed by atoms with Crippen LogP contribution in [0.2, 0.25) is 0 Å². The molecule has 0 unspecified atom stereocenters. The number of para-hydroxylation sites is 1. The average Bonchev–Trinajstić information content (AvgIpc) is 1.88. The Morgan fingerprint density at radius 1 is 0.917 bits per heavy atom. The van der Waals surface area contributed by atoms with Crippen LogP contribution in [0.4, 0.5) is 5.69 Å². The van der Waals surface area contributed by atoms with Gasteiger partial charge in [-0.2, -0.15) is 0 Å². The van der Waals surface area contributed by atoms with Crippen LogP contribution < -0.4 is 21.5 Å². The van der Waals surface area contributed by atoms with Crippen molar-refractivity contribution in [3.8, 4) is 0 Å². The molecule has 1 nitrogen and oxygen atoms in total. The third-order valence-corrected chi connectivity index (χ3v) is 1.53. The molecule has 1 aromatic carbocycles. The first kappa shape index (κ1) is 14.7. The van der Waals surface area contributed by atoms with Gasteiger partial charge in [0.15, 0.2) is 0 Å². The number of rotatable bonds is 1. The van der Waals surface area contributed by atoms with Crippen molar-refractivity contribution in [1.82, 2.24) is 4.48 Å². The first-order valence-electron chi connectivity index (χ1n) is 3.48. The van der Waals surface area contributed by atoms with Gasteiger partial charge in [0.1, 0.15) is 5.69 Å². The van der Waals surface area contributed by atoms with E-state index in [0.717, 1.165) is 4.48 Å². The Bertz CT molecular complexity index is 204. The van der Waals surface area contributed by atoms with Crippen molar-refractivity contribution in [2.75, 3.05) is 21.1 Å². The monoisotopic (exact) mass is 295 g/mol. The van der Waals surface area contributed by atoms with Gasteiger partial charge in [-0.15, -0.1) is 17.0 Å². The van der Waals surface area contributed by atoms with Gasteiger partial charge in [0.2, 0.25) is 0 Å². The van der Waals surface area contributed by atoms with Gasteiger partial charge in [0.05, 0.1) is 21.1 Å². The topological polar surface area (TPSA) is 0 Å². The number of quaternary nitrogens is 1. The van der Waals surface area contributed by atoms with E-state index in [1.165, 1.54) is 5.69 Å². The zero-order chi connectivity index (χ0) is 7.61. The van der Waals surface area contributed by atoms with E-state index in [2.05, 4.69) is 45.4 Å². The molecule has 0 aromatic heterocycles. The molecule has 0 amide bonds. The largest absolute Gasteiger partial charge is 1.00 e. The highest BCUT2D eigenvalue weighted by molar-refractivity contribution is 8.93. The SMILES string of the molecule is Br.C[N+](C)(C)c1ccccc1.[Br-]. The van der Waals surface area contributed by atoms with E-state index in [1.807, 2.05) is 6.07 Å². The molecule has 12 heavy (non-hydrogen) atoms. The predicted molar refractivity (Wildman–Crippen MR) is 56.3 cm³/mol. The molecule has 0 bridgehead atoms. The fourth-order valence-electron chi connectivity index (χ4n) is 0.875. The smallest absolute Gasteiger partial charge is 0.132 e. The lowest BCUT2D eigenvalue weighted by atomic mass is 10.3. The van der Waals surface area contributed by atoms with Gasteiger partial charge in [-0.25, -0.2) is 0 Å². The summed E-state index contributed by atoms with van der Waals surface area (Å²) < 4.78 is 0.890. The summed E-state index contributed by atoms with van der Waals surface area (Å²) in [5.41, 5.74) is 1.34. The Kier molecular flexibility index (Phi) is 7.00. The summed E-state index contributed by atoms with van der Waals surface area (Å²) in [6, 6.07) is 10.5. The van der Waals surface area contributed by atoms with Crippen molar-refractivity contribution < 1.29 is 17.0 Å². The number of hydrogen-bond acceptors (Lipinski definition) is 0. The molecular formula is C9H15Br2N. The van der Waals surface area contributed by atoms with E-state index in [9.17, 15) is 0 Å². The second kappa shape index (κ2) is 5.73. The fourth-order valence-corrected chi connectivity index (χ4v) is 0.875. The Morgan fingerprint density at radius 2 is 1.33 bits per heavy atom. The molecule has 0 saturated carbocycles. The van der Waals surface area contributed by atoms with Crippen LogP contribution >= 0.6 is 17.0 Å². The maximum absolute atomic E-state index is 2.16. The van der Waals surface area contributed by atoms with E-state index in [1.54, 1.807) is 0 Å². The van der Waals surface area contributed by atoms with Crippen LogP contribution in [0.1, 0.15) is 0 Å². The first-order valence-corrected chi connectivity index (χ1v) is 3.48. The molecular weight excluding hydrogens is 282 g/mol. The van der Waals surface area contributed by atoms with Gasteiger partial charge in [-0.05, 0) is 12.1 Å².